The third-order valence-electron chi connectivity index (χ3n) is 3.06. The summed E-state index contributed by atoms with van der Waals surface area (Å²) < 4.78 is 12.8. The Morgan fingerprint density at radius 2 is 1.59 bits per heavy atom. The molecule has 0 aliphatic carbocycles. The number of halogens is 1. The summed E-state index contributed by atoms with van der Waals surface area (Å²) in [6, 6.07) is 15.0. The number of aryl methyl sites for hydroxylation is 1. The van der Waals surface area contributed by atoms with Crippen molar-refractivity contribution in [3.8, 4) is 0 Å². The Hall–Kier alpha value is -2.69. The van der Waals surface area contributed by atoms with Crippen LogP contribution in [0.15, 0.2) is 54.6 Å². The maximum Gasteiger partial charge on any atom is 0.243 e. The molecular weight excluding hydrogens is 283 g/mol. The summed E-state index contributed by atoms with van der Waals surface area (Å²) in [5, 5.41) is 5.24. The van der Waals surface area contributed by atoms with Crippen molar-refractivity contribution in [2.75, 3.05) is 11.9 Å². The molecule has 2 amide bonds. The van der Waals surface area contributed by atoms with E-state index in [1.807, 2.05) is 18.2 Å². The van der Waals surface area contributed by atoms with Crippen molar-refractivity contribution in [3.63, 3.8) is 0 Å². The molecule has 4 nitrogen and oxygen atoms in total. The molecule has 0 unspecified atom stereocenters. The molecule has 2 rings (SSSR count). The third kappa shape index (κ3) is 5.36. The topological polar surface area (TPSA) is 58.2 Å². The molecule has 0 aromatic heterocycles. The van der Waals surface area contributed by atoms with Crippen molar-refractivity contribution in [1.82, 2.24) is 5.32 Å². The maximum absolute atomic E-state index is 12.8. The van der Waals surface area contributed by atoms with Gasteiger partial charge in [-0.1, -0.05) is 30.3 Å². The minimum absolute atomic E-state index is 0.0723. The Balaban J connectivity index is 1.69. The second-order valence-electron chi connectivity index (χ2n) is 4.82. The average Bonchev–Trinajstić information content (AvgIpc) is 2.53. The molecule has 0 heterocycles. The van der Waals surface area contributed by atoms with Gasteiger partial charge in [-0.25, -0.2) is 4.39 Å². The summed E-state index contributed by atoms with van der Waals surface area (Å²) in [5.41, 5.74) is 1.57. The first-order valence-electron chi connectivity index (χ1n) is 6.99. The Morgan fingerprint density at radius 1 is 0.909 bits per heavy atom. The molecule has 114 valence electrons. The lowest BCUT2D eigenvalue weighted by atomic mass is 10.1. The van der Waals surface area contributed by atoms with Gasteiger partial charge in [0, 0.05) is 12.1 Å². The van der Waals surface area contributed by atoms with Crippen LogP contribution < -0.4 is 10.6 Å². The molecule has 2 aromatic rings. The first-order valence-corrected chi connectivity index (χ1v) is 6.99. The summed E-state index contributed by atoms with van der Waals surface area (Å²) in [7, 11) is 0. The fraction of sp³-hybridized carbons (Fsp3) is 0.176. The van der Waals surface area contributed by atoms with Gasteiger partial charge in [0.15, 0.2) is 0 Å². The first kappa shape index (κ1) is 15.7. The van der Waals surface area contributed by atoms with Gasteiger partial charge in [-0.05, 0) is 36.2 Å². The van der Waals surface area contributed by atoms with Gasteiger partial charge < -0.3 is 10.6 Å². The first-order chi connectivity index (χ1) is 10.6. The molecule has 0 bridgehead atoms. The van der Waals surface area contributed by atoms with E-state index in [9.17, 15) is 14.0 Å². The van der Waals surface area contributed by atoms with Crippen LogP contribution in [0, 0.1) is 5.82 Å². The number of benzene rings is 2. The molecule has 0 saturated carbocycles. The summed E-state index contributed by atoms with van der Waals surface area (Å²) >= 11 is 0. The van der Waals surface area contributed by atoms with Crippen molar-refractivity contribution in [2.45, 2.75) is 12.8 Å². The zero-order chi connectivity index (χ0) is 15.8. The molecule has 0 saturated heterocycles. The highest BCUT2D eigenvalue weighted by Gasteiger charge is 2.06. The van der Waals surface area contributed by atoms with Gasteiger partial charge in [0.2, 0.25) is 11.8 Å². The molecule has 2 N–H and O–H groups in total. The van der Waals surface area contributed by atoms with E-state index in [-0.39, 0.29) is 30.6 Å². The quantitative estimate of drug-likeness (QED) is 0.861. The lowest BCUT2D eigenvalue weighted by Gasteiger charge is -2.07. The van der Waals surface area contributed by atoms with E-state index in [0.717, 1.165) is 5.56 Å². The number of rotatable bonds is 6. The largest absolute Gasteiger partial charge is 0.347 e. The van der Waals surface area contributed by atoms with Crippen LogP contribution >= 0.6 is 0 Å². The van der Waals surface area contributed by atoms with Gasteiger partial charge in [-0.2, -0.15) is 0 Å². The van der Waals surface area contributed by atoms with E-state index in [2.05, 4.69) is 10.6 Å². The Labute approximate surface area is 128 Å². The van der Waals surface area contributed by atoms with Crippen LogP contribution in [-0.4, -0.2) is 18.4 Å². The van der Waals surface area contributed by atoms with Crippen molar-refractivity contribution < 1.29 is 14.0 Å². The van der Waals surface area contributed by atoms with Gasteiger partial charge >= 0.3 is 0 Å². The van der Waals surface area contributed by atoms with Crippen LogP contribution in [0.3, 0.4) is 0 Å². The van der Waals surface area contributed by atoms with E-state index < -0.39 is 0 Å². The number of hydrogen-bond donors (Lipinski definition) is 2. The zero-order valence-corrected chi connectivity index (χ0v) is 12.0. The van der Waals surface area contributed by atoms with Crippen molar-refractivity contribution in [2.24, 2.45) is 0 Å². The predicted octanol–water partition coefficient (Wildman–Crippen LogP) is 2.51. The van der Waals surface area contributed by atoms with E-state index in [0.29, 0.717) is 12.1 Å². The predicted molar refractivity (Wildman–Crippen MR) is 82.8 cm³/mol. The second-order valence-corrected chi connectivity index (χ2v) is 4.82. The van der Waals surface area contributed by atoms with Crippen molar-refractivity contribution in [3.05, 3.63) is 66.0 Å². The van der Waals surface area contributed by atoms with E-state index in [1.54, 1.807) is 24.3 Å². The molecule has 0 aliphatic rings. The number of carbonyl (C=O) groups excluding carboxylic acids is 2. The SMILES string of the molecule is O=C(CCc1ccc(F)cc1)NCC(=O)Nc1ccccc1. The number of para-hydroxylation sites is 1. The van der Waals surface area contributed by atoms with Gasteiger partial charge in [0.05, 0.1) is 6.54 Å². The van der Waals surface area contributed by atoms with Crippen molar-refractivity contribution in [1.29, 1.82) is 0 Å². The third-order valence-corrected chi connectivity index (χ3v) is 3.06. The molecule has 0 fully saturated rings. The summed E-state index contributed by atoms with van der Waals surface area (Å²) in [6.07, 6.45) is 0.761. The minimum Gasteiger partial charge on any atom is -0.347 e. The standard InChI is InChI=1S/C17H17FN2O2/c18-14-9-6-13(7-10-14)8-11-16(21)19-12-17(22)20-15-4-2-1-3-5-15/h1-7,9-10H,8,11-12H2,(H,19,21)(H,20,22). The number of anilines is 1. The zero-order valence-electron chi connectivity index (χ0n) is 12.0. The number of hydrogen-bond acceptors (Lipinski definition) is 2. The van der Waals surface area contributed by atoms with Crippen LogP contribution in [0.2, 0.25) is 0 Å². The van der Waals surface area contributed by atoms with E-state index in [1.165, 1.54) is 12.1 Å². The van der Waals surface area contributed by atoms with E-state index >= 15 is 0 Å². The normalized spacial score (nSPS) is 10.0. The Bertz CT molecular complexity index is 627. The molecule has 22 heavy (non-hydrogen) atoms. The Kier molecular flexibility index (Phi) is 5.65. The highest BCUT2D eigenvalue weighted by Crippen LogP contribution is 2.06. The molecular formula is C17H17FN2O2. The van der Waals surface area contributed by atoms with Gasteiger partial charge in [-0.3, -0.25) is 9.59 Å². The fourth-order valence-electron chi connectivity index (χ4n) is 1.90. The monoisotopic (exact) mass is 300 g/mol. The molecule has 0 radical (unpaired) electrons. The average molecular weight is 300 g/mol. The smallest absolute Gasteiger partial charge is 0.243 e. The Morgan fingerprint density at radius 3 is 2.27 bits per heavy atom. The number of carbonyl (C=O) groups is 2. The molecule has 0 aliphatic heterocycles. The molecule has 0 atom stereocenters. The lowest BCUT2D eigenvalue weighted by Crippen LogP contribution is -2.32. The van der Waals surface area contributed by atoms with Crippen LogP contribution in [0.25, 0.3) is 0 Å². The van der Waals surface area contributed by atoms with E-state index in [4.69, 9.17) is 0 Å². The highest BCUT2D eigenvalue weighted by molar-refractivity contribution is 5.94. The van der Waals surface area contributed by atoms with Gasteiger partial charge in [-0.15, -0.1) is 0 Å². The minimum atomic E-state index is -0.300. The van der Waals surface area contributed by atoms with Crippen LogP contribution in [-0.2, 0) is 16.0 Å². The highest BCUT2D eigenvalue weighted by atomic mass is 19.1. The fourth-order valence-corrected chi connectivity index (χ4v) is 1.90. The summed E-state index contributed by atoms with van der Waals surface area (Å²) in [4.78, 5) is 23.3. The van der Waals surface area contributed by atoms with Gasteiger partial charge in [0.25, 0.3) is 0 Å². The number of amides is 2. The van der Waals surface area contributed by atoms with Gasteiger partial charge in [0.1, 0.15) is 5.82 Å². The molecule has 2 aromatic carbocycles. The number of nitrogens with one attached hydrogen (secondary N) is 2. The van der Waals surface area contributed by atoms with Crippen LogP contribution in [0.4, 0.5) is 10.1 Å². The van der Waals surface area contributed by atoms with Crippen LogP contribution in [0.1, 0.15) is 12.0 Å². The molecule has 5 heteroatoms. The summed E-state index contributed by atoms with van der Waals surface area (Å²) in [5.74, 6) is -0.792. The second kappa shape index (κ2) is 7.93. The van der Waals surface area contributed by atoms with Crippen molar-refractivity contribution >= 4 is 17.5 Å². The molecule has 0 spiro atoms. The maximum atomic E-state index is 12.8. The summed E-state index contributed by atoms with van der Waals surface area (Å²) in [6.45, 7) is -0.0723. The van der Waals surface area contributed by atoms with Crippen LogP contribution in [0.5, 0.6) is 0 Å². The lowest BCUT2D eigenvalue weighted by molar-refractivity contribution is -0.124.